The van der Waals surface area contributed by atoms with Crippen LogP contribution in [-0.2, 0) is 4.79 Å². The van der Waals surface area contributed by atoms with Crippen LogP contribution in [0.5, 0.6) is 5.75 Å². The standard InChI is InChI=1S/C25H32N2O3/c1-16(2)11-12-27-21-10-8-19(14-22(21)30-15-25(5,6)24(27)29)26-23(28)20-9-7-17(3)13-18(20)4/h7-10,13-14,16H,11-12,15H2,1-6H3,(H,26,28). The first-order valence-corrected chi connectivity index (χ1v) is 10.6. The Bertz CT molecular complexity index is 963. The third kappa shape index (κ3) is 4.66. The molecule has 2 amide bonds. The fraction of sp³-hybridized carbons (Fsp3) is 0.440. The first-order chi connectivity index (χ1) is 14.1. The van der Waals surface area contributed by atoms with E-state index in [0.29, 0.717) is 36.1 Å². The van der Waals surface area contributed by atoms with Crippen LogP contribution in [0, 0.1) is 25.2 Å². The zero-order chi connectivity index (χ0) is 22.1. The van der Waals surface area contributed by atoms with Crippen molar-refractivity contribution in [3.8, 4) is 5.75 Å². The van der Waals surface area contributed by atoms with Crippen molar-refractivity contribution in [2.75, 3.05) is 23.4 Å². The summed E-state index contributed by atoms with van der Waals surface area (Å²) in [4.78, 5) is 27.7. The molecule has 1 aliphatic heterocycles. The van der Waals surface area contributed by atoms with E-state index in [2.05, 4.69) is 19.2 Å². The molecule has 0 unspecified atom stereocenters. The van der Waals surface area contributed by atoms with Crippen LogP contribution in [0.15, 0.2) is 36.4 Å². The van der Waals surface area contributed by atoms with Gasteiger partial charge in [-0.15, -0.1) is 0 Å². The summed E-state index contributed by atoms with van der Waals surface area (Å²) < 4.78 is 6.02. The van der Waals surface area contributed by atoms with Gasteiger partial charge in [-0.2, -0.15) is 0 Å². The second kappa shape index (κ2) is 8.50. The number of fused-ring (bicyclic) bond motifs is 1. The zero-order valence-corrected chi connectivity index (χ0v) is 18.8. The minimum Gasteiger partial charge on any atom is -0.490 e. The molecule has 0 spiro atoms. The van der Waals surface area contributed by atoms with E-state index in [1.54, 1.807) is 0 Å². The van der Waals surface area contributed by atoms with E-state index < -0.39 is 5.41 Å². The monoisotopic (exact) mass is 408 g/mol. The number of carbonyl (C=O) groups is 2. The highest BCUT2D eigenvalue weighted by atomic mass is 16.5. The van der Waals surface area contributed by atoms with Gasteiger partial charge in [0.25, 0.3) is 5.91 Å². The predicted octanol–water partition coefficient (Wildman–Crippen LogP) is 5.35. The Balaban J connectivity index is 1.89. The van der Waals surface area contributed by atoms with Crippen molar-refractivity contribution in [1.29, 1.82) is 0 Å². The highest BCUT2D eigenvalue weighted by Gasteiger charge is 2.37. The smallest absolute Gasteiger partial charge is 0.255 e. The predicted molar refractivity (Wildman–Crippen MR) is 121 cm³/mol. The molecule has 1 N–H and O–H groups in total. The number of anilines is 2. The molecule has 0 atom stereocenters. The molecule has 0 radical (unpaired) electrons. The van der Waals surface area contributed by atoms with Crippen LogP contribution in [0.2, 0.25) is 0 Å². The fourth-order valence-corrected chi connectivity index (χ4v) is 3.60. The fourth-order valence-electron chi connectivity index (χ4n) is 3.60. The van der Waals surface area contributed by atoms with Gasteiger partial charge < -0.3 is 15.0 Å². The van der Waals surface area contributed by atoms with Gasteiger partial charge in [0.1, 0.15) is 12.4 Å². The number of rotatable bonds is 5. The van der Waals surface area contributed by atoms with Crippen molar-refractivity contribution >= 4 is 23.2 Å². The Labute approximate surface area is 179 Å². The van der Waals surface area contributed by atoms with Crippen molar-refractivity contribution in [1.82, 2.24) is 0 Å². The number of amides is 2. The van der Waals surface area contributed by atoms with Crippen molar-refractivity contribution < 1.29 is 14.3 Å². The van der Waals surface area contributed by atoms with E-state index >= 15 is 0 Å². The highest BCUT2D eigenvalue weighted by molar-refractivity contribution is 6.06. The van der Waals surface area contributed by atoms with Crippen LogP contribution in [0.1, 0.15) is 55.6 Å². The number of benzene rings is 2. The van der Waals surface area contributed by atoms with Crippen molar-refractivity contribution in [3.63, 3.8) is 0 Å². The second-order valence-electron chi connectivity index (χ2n) is 9.27. The molecule has 2 aromatic rings. The summed E-state index contributed by atoms with van der Waals surface area (Å²) in [6.45, 7) is 13.0. The van der Waals surface area contributed by atoms with Gasteiger partial charge in [-0.1, -0.05) is 31.5 Å². The number of hydrogen-bond acceptors (Lipinski definition) is 3. The maximum absolute atomic E-state index is 13.1. The number of aryl methyl sites for hydroxylation is 2. The normalized spacial score (nSPS) is 15.4. The number of hydrogen-bond donors (Lipinski definition) is 1. The van der Waals surface area contributed by atoms with Crippen LogP contribution in [-0.4, -0.2) is 25.0 Å². The van der Waals surface area contributed by atoms with E-state index in [9.17, 15) is 9.59 Å². The van der Waals surface area contributed by atoms with Crippen molar-refractivity contribution in [2.45, 2.75) is 48.0 Å². The lowest BCUT2D eigenvalue weighted by Crippen LogP contribution is -2.42. The van der Waals surface area contributed by atoms with Crippen LogP contribution in [0.3, 0.4) is 0 Å². The third-order valence-corrected chi connectivity index (χ3v) is 5.48. The maximum atomic E-state index is 13.1. The minimum atomic E-state index is -0.613. The topological polar surface area (TPSA) is 58.6 Å². The van der Waals surface area contributed by atoms with Gasteiger partial charge in [-0.3, -0.25) is 9.59 Å². The molecule has 30 heavy (non-hydrogen) atoms. The Morgan fingerprint density at radius 1 is 1.17 bits per heavy atom. The number of carbonyl (C=O) groups excluding carboxylic acids is 2. The minimum absolute atomic E-state index is 0.0639. The lowest BCUT2D eigenvalue weighted by molar-refractivity contribution is -0.127. The molecule has 5 heteroatoms. The van der Waals surface area contributed by atoms with E-state index in [-0.39, 0.29) is 11.8 Å². The largest absolute Gasteiger partial charge is 0.490 e. The lowest BCUT2D eigenvalue weighted by Gasteiger charge is -2.28. The third-order valence-electron chi connectivity index (χ3n) is 5.48. The van der Waals surface area contributed by atoms with Gasteiger partial charge in [0.15, 0.2) is 0 Å². The van der Waals surface area contributed by atoms with Crippen LogP contribution >= 0.6 is 0 Å². The molecule has 2 aromatic carbocycles. The van der Waals surface area contributed by atoms with E-state index in [1.165, 1.54) is 0 Å². The van der Waals surface area contributed by atoms with Gasteiger partial charge in [-0.05, 0) is 63.8 Å². The molecule has 1 aliphatic rings. The molecule has 0 saturated heterocycles. The highest BCUT2D eigenvalue weighted by Crippen LogP contribution is 2.38. The summed E-state index contributed by atoms with van der Waals surface area (Å²) in [6.07, 6.45) is 0.909. The second-order valence-corrected chi connectivity index (χ2v) is 9.27. The molecule has 0 saturated carbocycles. The molecule has 0 bridgehead atoms. The van der Waals surface area contributed by atoms with Crippen molar-refractivity contribution in [2.24, 2.45) is 11.3 Å². The quantitative estimate of drug-likeness (QED) is 0.725. The van der Waals surface area contributed by atoms with E-state index in [1.807, 2.05) is 69.0 Å². The SMILES string of the molecule is Cc1ccc(C(=O)Nc2ccc3c(c2)OCC(C)(C)C(=O)N3CCC(C)C)c(C)c1. The summed E-state index contributed by atoms with van der Waals surface area (Å²) in [5.74, 6) is 1.02. The van der Waals surface area contributed by atoms with Gasteiger partial charge in [0.2, 0.25) is 5.91 Å². The Morgan fingerprint density at radius 3 is 2.57 bits per heavy atom. The van der Waals surface area contributed by atoms with Crippen LogP contribution in [0.25, 0.3) is 0 Å². The van der Waals surface area contributed by atoms with Gasteiger partial charge in [0.05, 0.1) is 11.1 Å². The summed E-state index contributed by atoms with van der Waals surface area (Å²) in [5.41, 5.74) is 3.50. The first-order valence-electron chi connectivity index (χ1n) is 10.6. The molecule has 0 aliphatic carbocycles. The first kappa shape index (κ1) is 21.9. The van der Waals surface area contributed by atoms with Gasteiger partial charge >= 0.3 is 0 Å². The molecular formula is C25H32N2O3. The molecule has 0 fully saturated rings. The number of nitrogens with zero attached hydrogens (tertiary/aromatic N) is 1. The summed E-state index contributed by atoms with van der Waals surface area (Å²) >= 11 is 0. The molecule has 160 valence electrons. The summed E-state index contributed by atoms with van der Waals surface area (Å²) in [7, 11) is 0. The number of nitrogens with one attached hydrogen (secondary N) is 1. The Morgan fingerprint density at radius 2 is 1.90 bits per heavy atom. The molecular weight excluding hydrogens is 376 g/mol. The Kier molecular flexibility index (Phi) is 6.20. The molecule has 0 aromatic heterocycles. The van der Waals surface area contributed by atoms with Gasteiger partial charge in [0, 0.05) is 23.9 Å². The summed E-state index contributed by atoms with van der Waals surface area (Å²) in [6, 6.07) is 11.3. The summed E-state index contributed by atoms with van der Waals surface area (Å²) in [5, 5.41) is 2.96. The maximum Gasteiger partial charge on any atom is 0.255 e. The van der Waals surface area contributed by atoms with Crippen molar-refractivity contribution in [3.05, 3.63) is 53.1 Å². The van der Waals surface area contributed by atoms with E-state index in [4.69, 9.17) is 4.74 Å². The van der Waals surface area contributed by atoms with Crippen LogP contribution in [0.4, 0.5) is 11.4 Å². The average Bonchev–Trinajstić information content (AvgIpc) is 2.75. The molecule has 5 nitrogen and oxygen atoms in total. The average molecular weight is 409 g/mol. The molecule has 1 heterocycles. The lowest BCUT2D eigenvalue weighted by atomic mass is 9.92. The zero-order valence-electron chi connectivity index (χ0n) is 18.8. The Hall–Kier alpha value is -2.82. The van der Waals surface area contributed by atoms with Crippen LogP contribution < -0.4 is 15.0 Å². The van der Waals surface area contributed by atoms with E-state index in [0.717, 1.165) is 23.2 Å². The number of ether oxygens (including phenoxy) is 1. The van der Waals surface area contributed by atoms with Gasteiger partial charge in [-0.25, -0.2) is 0 Å². The molecule has 3 rings (SSSR count).